The van der Waals surface area contributed by atoms with Crippen molar-refractivity contribution < 1.29 is 47.4 Å². The summed E-state index contributed by atoms with van der Waals surface area (Å²) in [6.07, 6.45) is 6.38. The molecule has 2 rings (SSSR count). The van der Waals surface area contributed by atoms with Gasteiger partial charge in [-0.2, -0.15) is 0 Å². The smallest absolute Gasteiger partial charge is 0.331 e. The summed E-state index contributed by atoms with van der Waals surface area (Å²) in [5.41, 5.74) is -0.975. The molecule has 36 heavy (non-hydrogen) atoms. The molecule has 0 spiro atoms. The lowest BCUT2D eigenvalue weighted by molar-refractivity contribution is -0.197. The molecule has 0 aromatic heterocycles. The Labute approximate surface area is 213 Å². The van der Waals surface area contributed by atoms with E-state index in [1.807, 2.05) is 37.3 Å². The monoisotopic (exact) mass is 510 g/mol. The van der Waals surface area contributed by atoms with Gasteiger partial charge in [0.15, 0.2) is 0 Å². The van der Waals surface area contributed by atoms with Crippen LogP contribution in [0.15, 0.2) is 48.6 Å². The summed E-state index contributed by atoms with van der Waals surface area (Å²) in [7, 11) is 6.24. The topological polar surface area (TPSA) is 100 Å². The average Bonchev–Trinajstić information content (AvgIpc) is 2.90. The molecule has 10 nitrogen and oxygen atoms in total. The Hall–Kier alpha value is -2.47. The molecule has 1 aromatic carbocycles. The van der Waals surface area contributed by atoms with Crippen LogP contribution in [0.25, 0.3) is 0 Å². The van der Waals surface area contributed by atoms with Gasteiger partial charge in [0.05, 0.1) is 19.3 Å². The number of rotatable bonds is 18. The van der Waals surface area contributed by atoms with Gasteiger partial charge < -0.3 is 42.6 Å². The standard InChI is InChI=1S/C26H38O10/c1-26(35-19-30-4,14-13-22-7-6-8-25(27)36-22)24(34-18-29-3)15-23(33-17-28-2)16-32-21-11-9-20(31-5)10-12-21/h6,8-14,22-24H,7,15-19H2,1-5H3/b14-13+/t22-,23-,24-,26-/m1/s1. The number of cyclic esters (lactones) is 1. The number of carbonyl (C=O) groups excluding carboxylic acids is 1. The third-order valence-electron chi connectivity index (χ3n) is 5.44. The highest BCUT2D eigenvalue weighted by Gasteiger charge is 2.37. The molecule has 0 saturated heterocycles. The van der Waals surface area contributed by atoms with E-state index in [1.54, 1.807) is 33.5 Å². The minimum Gasteiger partial charge on any atom is -0.497 e. The van der Waals surface area contributed by atoms with E-state index in [0.29, 0.717) is 18.6 Å². The zero-order valence-electron chi connectivity index (χ0n) is 21.7. The summed E-state index contributed by atoms with van der Waals surface area (Å²) in [5, 5.41) is 0. The van der Waals surface area contributed by atoms with Crippen LogP contribution in [0.2, 0.25) is 0 Å². The van der Waals surface area contributed by atoms with Crippen molar-refractivity contribution in [2.24, 2.45) is 0 Å². The Bertz CT molecular complexity index is 809. The van der Waals surface area contributed by atoms with Crippen molar-refractivity contribution in [3.8, 4) is 11.5 Å². The number of hydrogen-bond donors (Lipinski definition) is 0. The van der Waals surface area contributed by atoms with Crippen LogP contribution in [0.4, 0.5) is 0 Å². The first-order valence-corrected chi connectivity index (χ1v) is 11.6. The maximum atomic E-state index is 11.6. The summed E-state index contributed by atoms with van der Waals surface area (Å²) < 4.78 is 50.0. The molecule has 0 saturated carbocycles. The van der Waals surface area contributed by atoms with Crippen molar-refractivity contribution >= 4 is 5.97 Å². The Morgan fingerprint density at radius 2 is 1.67 bits per heavy atom. The highest BCUT2D eigenvalue weighted by atomic mass is 16.7. The van der Waals surface area contributed by atoms with E-state index in [2.05, 4.69) is 0 Å². The van der Waals surface area contributed by atoms with E-state index in [-0.39, 0.29) is 33.0 Å². The second kappa shape index (κ2) is 16.3. The number of ether oxygens (including phenoxy) is 9. The van der Waals surface area contributed by atoms with Crippen molar-refractivity contribution in [1.29, 1.82) is 0 Å². The van der Waals surface area contributed by atoms with Crippen LogP contribution in [0.1, 0.15) is 19.8 Å². The van der Waals surface area contributed by atoms with Crippen molar-refractivity contribution in [2.75, 3.05) is 55.4 Å². The van der Waals surface area contributed by atoms with Gasteiger partial charge in [0.1, 0.15) is 50.2 Å². The predicted molar refractivity (Wildman–Crippen MR) is 131 cm³/mol. The minimum atomic E-state index is -0.975. The van der Waals surface area contributed by atoms with Crippen molar-refractivity contribution in [2.45, 2.75) is 43.7 Å². The van der Waals surface area contributed by atoms with Crippen molar-refractivity contribution in [3.05, 3.63) is 48.6 Å². The maximum Gasteiger partial charge on any atom is 0.331 e. The van der Waals surface area contributed by atoms with Gasteiger partial charge in [0, 0.05) is 40.2 Å². The molecular formula is C26H38O10. The van der Waals surface area contributed by atoms with E-state index < -0.39 is 23.9 Å². The molecule has 4 atom stereocenters. The third kappa shape index (κ3) is 10.3. The van der Waals surface area contributed by atoms with Gasteiger partial charge in [-0.3, -0.25) is 0 Å². The summed E-state index contributed by atoms with van der Waals surface area (Å²) >= 11 is 0. The van der Waals surface area contributed by atoms with Gasteiger partial charge in [-0.1, -0.05) is 12.2 Å². The number of esters is 1. The van der Waals surface area contributed by atoms with Gasteiger partial charge >= 0.3 is 5.97 Å². The lowest BCUT2D eigenvalue weighted by Crippen LogP contribution is -2.46. The number of carbonyl (C=O) groups is 1. The normalized spacial score (nSPS) is 19.0. The highest BCUT2D eigenvalue weighted by Crippen LogP contribution is 2.27. The summed E-state index contributed by atoms with van der Waals surface area (Å²) in [6.45, 7) is 2.22. The van der Waals surface area contributed by atoms with Gasteiger partial charge in [0.2, 0.25) is 0 Å². The van der Waals surface area contributed by atoms with Crippen LogP contribution < -0.4 is 9.47 Å². The molecule has 0 aliphatic carbocycles. The van der Waals surface area contributed by atoms with Crippen LogP contribution in [0, 0.1) is 0 Å². The molecule has 0 fully saturated rings. The quantitative estimate of drug-likeness (QED) is 0.166. The van der Waals surface area contributed by atoms with Crippen LogP contribution >= 0.6 is 0 Å². The molecule has 1 aromatic rings. The number of hydrogen-bond acceptors (Lipinski definition) is 10. The summed E-state index contributed by atoms with van der Waals surface area (Å²) in [5.74, 6) is 1.02. The second-order valence-corrected chi connectivity index (χ2v) is 8.19. The molecule has 0 amide bonds. The molecule has 0 bridgehead atoms. The molecular weight excluding hydrogens is 472 g/mol. The molecule has 1 aliphatic rings. The predicted octanol–water partition coefficient (Wildman–Crippen LogP) is 3.25. The van der Waals surface area contributed by atoms with Gasteiger partial charge in [-0.25, -0.2) is 4.79 Å². The van der Waals surface area contributed by atoms with Crippen molar-refractivity contribution in [1.82, 2.24) is 0 Å². The average molecular weight is 511 g/mol. The molecule has 0 unspecified atom stereocenters. The number of methoxy groups -OCH3 is 4. The van der Waals surface area contributed by atoms with Gasteiger partial charge in [0.25, 0.3) is 0 Å². The first-order chi connectivity index (χ1) is 17.4. The Balaban J connectivity index is 2.19. The van der Waals surface area contributed by atoms with E-state index in [0.717, 1.165) is 5.75 Å². The van der Waals surface area contributed by atoms with E-state index in [4.69, 9.17) is 42.6 Å². The Morgan fingerprint density at radius 3 is 2.31 bits per heavy atom. The van der Waals surface area contributed by atoms with Crippen LogP contribution in [0.5, 0.6) is 11.5 Å². The largest absolute Gasteiger partial charge is 0.497 e. The number of benzene rings is 1. The van der Waals surface area contributed by atoms with Crippen LogP contribution in [-0.4, -0.2) is 85.3 Å². The molecule has 0 radical (unpaired) electrons. The zero-order valence-corrected chi connectivity index (χ0v) is 21.7. The zero-order chi connectivity index (χ0) is 26.2. The lowest BCUT2D eigenvalue weighted by atomic mass is 9.92. The fraction of sp³-hybridized carbons (Fsp3) is 0.577. The fourth-order valence-electron chi connectivity index (χ4n) is 3.45. The van der Waals surface area contributed by atoms with Gasteiger partial charge in [-0.05, 0) is 37.3 Å². The molecule has 1 heterocycles. The van der Waals surface area contributed by atoms with Crippen LogP contribution in [-0.2, 0) is 38.0 Å². The summed E-state index contributed by atoms with van der Waals surface area (Å²) in [6, 6.07) is 7.27. The highest BCUT2D eigenvalue weighted by molar-refractivity contribution is 5.82. The van der Waals surface area contributed by atoms with E-state index in [9.17, 15) is 4.79 Å². The van der Waals surface area contributed by atoms with Crippen LogP contribution in [0.3, 0.4) is 0 Å². The Morgan fingerprint density at radius 1 is 1.00 bits per heavy atom. The molecule has 10 heteroatoms. The molecule has 202 valence electrons. The minimum absolute atomic E-state index is 0.0178. The SMILES string of the molecule is COCO[C@@H](COc1ccc(OC)cc1)C[C@@H](OCOC)[C@@](C)(/C=C/[C@H]1CC=CC(=O)O1)OCOC. The van der Waals surface area contributed by atoms with E-state index in [1.165, 1.54) is 13.2 Å². The Kier molecular flexibility index (Phi) is 13.5. The lowest BCUT2D eigenvalue weighted by Gasteiger charge is -2.36. The second-order valence-electron chi connectivity index (χ2n) is 8.19. The van der Waals surface area contributed by atoms with Gasteiger partial charge in [-0.15, -0.1) is 0 Å². The molecule has 1 aliphatic heterocycles. The molecule has 0 N–H and O–H groups in total. The fourth-order valence-corrected chi connectivity index (χ4v) is 3.45. The third-order valence-corrected chi connectivity index (χ3v) is 5.44. The first-order valence-electron chi connectivity index (χ1n) is 11.6. The first kappa shape index (κ1) is 29.8. The van der Waals surface area contributed by atoms with Crippen molar-refractivity contribution in [3.63, 3.8) is 0 Å². The summed E-state index contributed by atoms with van der Waals surface area (Å²) in [4.78, 5) is 11.6. The maximum absolute atomic E-state index is 11.6. The van der Waals surface area contributed by atoms with E-state index >= 15 is 0 Å².